The van der Waals surface area contributed by atoms with E-state index in [-0.39, 0.29) is 0 Å². The van der Waals surface area contributed by atoms with E-state index in [1.54, 1.807) is 0 Å². The summed E-state index contributed by atoms with van der Waals surface area (Å²) in [5.74, 6) is 1.56. The van der Waals surface area contributed by atoms with E-state index in [4.69, 9.17) is 28.2 Å². The van der Waals surface area contributed by atoms with E-state index in [2.05, 4.69) is 185 Å². The molecule has 8 heteroatoms. The van der Waals surface area contributed by atoms with Gasteiger partial charge in [0.05, 0.1) is 22.1 Å². The van der Waals surface area contributed by atoms with Gasteiger partial charge in [-0.1, -0.05) is 140 Å². The number of benzene rings is 11. The van der Waals surface area contributed by atoms with E-state index in [1.165, 1.54) is 27.2 Å². The molecule has 0 aliphatic rings. The second kappa shape index (κ2) is 16.0. The SMILES string of the molecule is c1ccc(-n2c3ccccc3c3ccc4c5cc(-c6ccc7oc8cccc(-c9nc(-c%10ccc%11c(c%10)oc%10ccccc%10%11)nc(-c%10ccc%11c(c%10)oc%10ccccc%10%11)n9)c8c7c6)ccc5n(-c5ccccc5)c4c32)cc1. The predicted octanol–water partition coefficient (Wildman–Crippen LogP) is 18.4. The first kappa shape index (κ1) is 41.9. The summed E-state index contributed by atoms with van der Waals surface area (Å²) in [7, 11) is 0. The molecule has 0 atom stereocenters. The van der Waals surface area contributed by atoms with Gasteiger partial charge >= 0.3 is 0 Å². The smallest absolute Gasteiger partial charge is 0.164 e. The highest BCUT2D eigenvalue weighted by molar-refractivity contribution is 6.24. The molecule has 17 rings (SSSR count). The third-order valence-electron chi connectivity index (χ3n) is 15.6. The van der Waals surface area contributed by atoms with E-state index < -0.39 is 0 Å². The van der Waals surface area contributed by atoms with Crippen LogP contribution in [0.5, 0.6) is 0 Å². The molecule has 0 amide bonds. The molecule has 17 aromatic rings. The Kier molecular flexibility index (Phi) is 8.68. The Morgan fingerprint density at radius 2 is 0.701 bits per heavy atom. The van der Waals surface area contributed by atoms with Crippen LogP contribution in [0.15, 0.2) is 250 Å². The van der Waals surface area contributed by atoms with Gasteiger partial charge in [0, 0.05) is 81.9 Å². The molecule has 6 heterocycles. The zero-order valence-corrected chi connectivity index (χ0v) is 41.0. The summed E-state index contributed by atoms with van der Waals surface area (Å²) in [6.45, 7) is 0. The summed E-state index contributed by atoms with van der Waals surface area (Å²) >= 11 is 0. The van der Waals surface area contributed by atoms with Crippen molar-refractivity contribution in [2.24, 2.45) is 0 Å². The van der Waals surface area contributed by atoms with E-state index >= 15 is 0 Å². The highest BCUT2D eigenvalue weighted by Crippen LogP contribution is 2.45. The van der Waals surface area contributed by atoms with Gasteiger partial charge in [-0.15, -0.1) is 0 Å². The number of aromatic nitrogens is 5. The zero-order valence-electron chi connectivity index (χ0n) is 41.0. The Balaban J connectivity index is 0.862. The van der Waals surface area contributed by atoms with Crippen molar-refractivity contribution >= 4 is 109 Å². The van der Waals surface area contributed by atoms with Crippen LogP contribution < -0.4 is 0 Å². The second-order valence-corrected chi connectivity index (χ2v) is 19.9. The fourth-order valence-electron chi connectivity index (χ4n) is 12.1. The average molecular weight is 986 g/mol. The first-order chi connectivity index (χ1) is 38.1. The summed E-state index contributed by atoms with van der Waals surface area (Å²) in [5, 5.41) is 10.8. The maximum Gasteiger partial charge on any atom is 0.164 e. The van der Waals surface area contributed by atoms with Crippen LogP contribution in [0, 0.1) is 0 Å². The van der Waals surface area contributed by atoms with E-state index in [1.807, 2.05) is 60.7 Å². The van der Waals surface area contributed by atoms with Crippen molar-refractivity contribution in [3.63, 3.8) is 0 Å². The molecule has 0 aliphatic heterocycles. The first-order valence-electron chi connectivity index (χ1n) is 25.8. The van der Waals surface area contributed by atoms with Gasteiger partial charge in [0.1, 0.15) is 33.5 Å². The topological polar surface area (TPSA) is 87.9 Å². The van der Waals surface area contributed by atoms with Crippen molar-refractivity contribution in [1.82, 2.24) is 24.1 Å². The molecule has 0 bridgehead atoms. The predicted molar refractivity (Wildman–Crippen MR) is 312 cm³/mol. The number of hydrogen-bond donors (Lipinski definition) is 0. The summed E-state index contributed by atoms with van der Waals surface area (Å²) in [6, 6.07) is 82.9. The molecule has 0 N–H and O–H groups in total. The lowest BCUT2D eigenvalue weighted by molar-refractivity contribution is 0.668. The number of para-hydroxylation sites is 5. The minimum atomic E-state index is 0.520. The molecule has 358 valence electrons. The van der Waals surface area contributed by atoms with Crippen LogP contribution in [-0.2, 0) is 0 Å². The highest BCUT2D eigenvalue weighted by atomic mass is 16.3. The van der Waals surface area contributed by atoms with E-state index in [0.29, 0.717) is 17.5 Å². The van der Waals surface area contributed by atoms with Crippen LogP contribution in [-0.4, -0.2) is 24.1 Å². The molecule has 0 spiro atoms. The molecule has 0 saturated heterocycles. The lowest BCUT2D eigenvalue weighted by Crippen LogP contribution is -2.00. The van der Waals surface area contributed by atoms with Gasteiger partial charge in [0.2, 0.25) is 0 Å². The molecule has 0 unspecified atom stereocenters. The molecular formula is C69H39N5O3. The summed E-state index contributed by atoms with van der Waals surface area (Å²) in [4.78, 5) is 15.8. The molecule has 0 radical (unpaired) electrons. The quantitative estimate of drug-likeness (QED) is 0.165. The standard InChI is InChI=1S/C69H39N5O3/c1-3-14-44(15-4-1)73-56-22-10-7-18-46(56)51-32-33-52-54-36-40(28-34-57(54)74(66(52)65(51)73)45-16-5-2-6-17-45)41-29-35-60-55(37-41)64-53(21-13-25-61(64)75-60)69-71-67(42-26-30-49-47-19-8-11-23-58(47)76-62(49)38-42)70-68(72-69)43-27-31-50-48-20-9-12-24-59(48)77-63(50)39-43/h1-39H. The van der Waals surface area contributed by atoms with Crippen molar-refractivity contribution in [3.8, 4) is 56.7 Å². The third kappa shape index (κ3) is 6.24. The van der Waals surface area contributed by atoms with Crippen molar-refractivity contribution < 1.29 is 13.3 Å². The van der Waals surface area contributed by atoms with E-state index in [9.17, 15) is 0 Å². The lowest BCUT2D eigenvalue weighted by Gasteiger charge is -2.12. The number of hydrogen-bond acceptors (Lipinski definition) is 6. The molecule has 11 aromatic carbocycles. The monoisotopic (exact) mass is 985 g/mol. The van der Waals surface area contributed by atoms with E-state index in [0.717, 1.165) is 121 Å². The number of rotatable bonds is 6. The maximum absolute atomic E-state index is 6.68. The van der Waals surface area contributed by atoms with Crippen LogP contribution in [0.2, 0.25) is 0 Å². The fourth-order valence-corrected chi connectivity index (χ4v) is 12.1. The third-order valence-corrected chi connectivity index (χ3v) is 15.6. The second-order valence-electron chi connectivity index (χ2n) is 19.9. The summed E-state index contributed by atoms with van der Waals surface area (Å²) < 4.78 is 24.3. The van der Waals surface area contributed by atoms with Gasteiger partial charge in [-0.3, -0.25) is 0 Å². The van der Waals surface area contributed by atoms with Crippen molar-refractivity contribution in [2.45, 2.75) is 0 Å². The molecule has 6 aromatic heterocycles. The Hall–Kier alpha value is -10.6. The van der Waals surface area contributed by atoms with Crippen LogP contribution in [0.1, 0.15) is 0 Å². The Morgan fingerprint density at radius 3 is 1.34 bits per heavy atom. The largest absolute Gasteiger partial charge is 0.456 e. The van der Waals surface area contributed by atoms with Crippen LogP contribution in [0.25, 0.3) is 166 Å². The lowest BCUT2D eigenvalue weighted by atomic mass is 9.99. The first-order valence-corrected chi connectivity index (χ1v) is 25.8. The minimum Gasteiger partial charge on any atom is -0.456 e. The van der Waals surface area contributed by atoms with Gasteiger partial charge in [0.25, 0.3) is 0 Å². The normalized spacial score (nSPS) is 12.2. The van der Waals surface area contributed by atoms with Gasteiger partial charge in [-0.05, 0) is 108 Å². The van der Waals surface area contributed by atoms with Crippen molar-refractivity contribution in [3.05, 3.63) is 237 Å². The Morgan fingerprint density at radius 1 is 0.260 bits per heavy atom. The van der Waals surface area contributed by atoms with Gasteiger partial charge in [-0.2, -0.15) is 0 Å². The molecule has 0 aliphatic carbocycles. The minimum absolute atomic E-state index is 0.520. The van der Waals surface area contributed by atoms with Crippen molar-refractivity contribution in [1.29, 1.82) is 0 Å². The number of fused-ring (bicyclic) bond motifs is 16. The summed E-state index contributed by atoms with van der Waals surface area (Å²) in [6.07, 6.45) is 0. The molecule has 8 nitrogen and oxygen atoms in total. The maximum atomic E-state index is 6.68. The molecule has 77 heavy (non-hydrogen) atoms. The van der Waals surface area contributed by atoms with Crippen LogP contribution in [0.3, 0.4) is 0 Å². The molecule has 0 fully saturated rings. The van der Waals surface area contributed by atoms with Gasteiger partial charge in [0.15, 0.2) is 17.5 Å². The molecular weight excluding hydrogens is 947 g/mol. The summed E-state index contributed by atoms with van der Waals surface area (Å²) in [5.41, 5.74) is 16.2. The Labute approximate surface area is 437 Å². The molecule has 0 saturated carbocycles. The number of nitrogens with zero attached hydrogens (tertiary/aromatic N) is 5. The fraction of sp³-hybridized carbons (Fsp3) is 0. The van der Waals surface area contributed by atoms with Gasteiger partial charge < -0.3 is 22.4 Å². The highest BCUT2D eigenvalue weighted by Gasteiger charge is 2.24. The average Bonchev–Trinajstić information content (AvgIpc) is 4.51. The van der Waals surface area contributed by atoms with Gasteiger partial charge in [-0.25, -0.2) is 15.0 Å². The Bertz CT molecular complexity index is 5160. The zero-order chi connectivity index (χ0) is 50.3. The van der Waals surface area contributed by atoms with Crippen LogP contribution >= 0.6 is 0 Å². The van der Waals surface area contributed by atoms with Crippen molar-refractivity contribution in [2.75, 3.05) is 0 Å². The van der Waals surface area contributed by atoms with Crippen LogP contribution in [0.4, 0.5) is 0 Å². The number of furan rings is 3.